The van der Waals surface area contributed by atoms with E-state index in [1.54, 1.807) is 0 Å². The van der Waals surface area contributed by atoms with Gasteiger partial charge in [-0.25, -0.2) is 0 Å². The van der Waals surface area contributed by atoms with Crippen LogP contribution >= 0.6 is 15.9 Å². The van der Waals surface area contributed by atoms with Crippen molar-refractivity contribution in [2.45, 2.75) is 13.2 Å². The van der Waals surface area contributed by atoms with E-state index in [1.165, 1.54) is 0 Å². The predicted octanol–water partition coefficient (Wildman–Crippen LogP) is 5.64. The Hall–Kier alpha value is -2.26. The Labute approximate surface area is 145 Å². The van der Waals surface area contributed by atoms with Crippen LogP contribution in [0.15, 0.2) is 83.3 Å². The Bertz CT molecular complexity index is 744. The molecule has 0 aliphatic rings. The summed E-state index contributed by atoms with van der Waals surface area (Å²) in [5.41, 5.74) is 3.39. The van der Waals surface area contributed by atoms with Crippen molar-refractivity contribution in [2.75, 3.05) is 5.32 Å². The van der Waals surface area contributed by atoms with E-state index in [2.05, 4.69) is 51.6 Å². The molecule has 0 radical (unpaired) electrons. The Morgan fingerprint density at radius 2 is 1.52 bits per heavy atom. The fourth-order valence-corrected chi connectivity index (χ4v) is 2.72. The van der Waals surface area contributed by atoms with Gasteiger partial charge in [0.1, 0.15) is 12.4 Å². The van der Waals surface area contributed by atoms with Crippen LogP contribution in [0.5, 0.6) is 5.75 Å². The van der Waals surface area contributed by atoms with E-state index in [4.69, 9.17) is 4.74 Å². The Balaban J connectivity index is 1.70. The first kappa shape index (κ1) is 15.6. The first-order valence-electron chi connectivity index (χ1n) is 7.55. The lowest BCUT2D eigenvalue weighted by Crippen LogP contribution is -2.03. The van der Waals surface area contributed by atoms with Crippen LogP contribution in [0, 0.1) is 0 Å². The smallest absolute Gasteiger partial charge is 0.124 e. The highest BCUT2D eigenvalue weighted by atomic mass is 79.9. The normalized spacial score (nSPS) is 10.3. The summed E-state index contributed by atoms with van der Waals surface area (Å²) in [5.74, 6) is 0.903. The summed E-state index contributed by atoms with van der Waals surface area (Å²) < 4.78 is 7.06. The summed E-state index contributed by atoms with van der Waals surface area (Å²) in [4.78, 5) is 0. The minimum Gasteiger partial charge on any atom is -0.489 e. The molecule has 3 aromatic carbocycles. The van der Waals surface area contributed by atoms with E-state index in [0.717, 1.165) is 27.0 Å². The number of anilines is 1. The van der Waals surface area contributed by atoms with Crippen LogP contribution in [0.4, 0.5) is 5.69 Å². The summed E-state index contributed by atoms with van der Waals surface area (Å²) >= 11 is 3.54. The van der Waals surface area contributed by atoms with Crippen LogP contribution in [0.25, 0.3) is 0 Å². The number of hydrogen-bond donors (Lipinski definition) is 1. The molecule has 3 rings (SSSR count). The van der Waals surface area contributed by atoms with Crippen LogP contribution in [-0.2, 0) is 13.2 Å². The van der Waals surface area contributed by atoms with Gasteiger partial charge in [-0.15, -0.1) is 0 Å². The molecule has 116 valence electrons. The van der Waals surface area contributed by atoms with Crippen molar-refractivity contribution in [2.24, 2.45) is 0 Å². The number of hydrogen-bond acceptors (Lipinski definition) is 2. The van der Waals surface area contributed by atoms with E-state index in [9.17, 15) is 0 Å². The van der Waals surface area contributed by atoms with Gasteiger partial charge in [-0.2, -0.15) is 0 Å². The molecule has 0 spiro atoms. The number of rotatable bonds is 6. The maximum atomic E-state index is 6.01. The molecule has 0 aliphatic carbocycles. The van der Waals surface area contributed by atoms with Crippen molar-refractivity contribution in [3.8, 4) is 5.75 Å². The highest BCUT2D eigenvalue weighted by Crippen LogP contribution is 2.25. The van der Waals surface area contributed by atoms with E-state index in [-0.39, 0.29) is 0 Å². The first-order chi connectivity index (χ1) is 11.3. The molecule has 1 N–H and O–H groups in total. The second-order valence-corrected chi connectivity index (χ2v) is 6.16. The van der Waals surface area contributed by atoms with Gasteiger partial charge >= 0.3 is 0 Å². The Morgan fingerprint density at radius 3 is 2.26 bits per heavy atom. The van der Waals surface area contributed by atoms with Crippen molar-refractivity contribution in [3.63, 3.8) is 0 Å². The van der Waals surface area contributed by atoms with Crippen LogP contribution in [0.2, 0.25) is 0 Å². The van der Waals surface area contributed by atoms with Gasteiger partial charge in [0.2, 0.25) is 0 Å². The number of para-hydroxylation sites is 1. The lowest BCUT2D eigenvalue weighted by Gasteiger charge is -2.13. The van der Waals surface area contributed by atoms with Gasteiger partial charge in [0.25, 0.3) is 0 Å². The molecular weight excluding hydrogens is 350 g/mol. The molecule has 23 heavy (non-hydrogen) atoms. The molecule has 0 saturated carbocycles. The van der Waals surface area contributed by atoms with Crippen molar-refractivity contribution in [1.29, 1.82) is 0 Å². The molecule has 3 aromatic rings. The third kappa shape index (κ3) is 4.60. The molecule has 3 heteroatoms. The fraction of sp³-hybridized carbons (Fsp3) is 0.100. The maximum Gasteiger partial charge on any atom is 0.124 e. The zero-order valence-electron chi connectivity index (χ0n) is 12.7. The fourth-order valence-electron chi connectivity index (χ4n) is 2.32. The third-order valence-electron chi connectivity index (χ3n) is 3.52. The van der Waals surface area contributed by atoms with Gasteiger partial charge in [-0.3, -0.25) is 0 Å². The van der Waals surface area contributed by atoms with Gasteiger partial charge in [0.05, 0.1) is 0 Å². The van der Waals surface area contributed by atoms with E-state index < -0.39 is 0 Å². The van der Waals surface area contributed by atoms with Crippen molar-refractivity contribution in [1.82, 2.24) is 0 Å². The van der Waals surface area contributed by atoms with E-state index in [1.807, 2.05) is 48.5 Å². The van der Waals surface area contributed by atoms with Crippen LogP contribution in [0.1, 0.15) is 11.1 Å². The summed E-state index contributed by atoms with van der Waals surface area (Å²) in [7, 11) is 0. The maximum absolute atomic E-state index is 6.01. The van der Waals surface area contributed by atoms with E-state index >= 15 is 0 Å². The lowest BCUT2D eigenvalue weighted by molar-refractivity contribution is 0.303. The number of nitrogens with one attached hydrogen (secondary N) is 1. The van der Waals surface area contributed by atoms with Crippen LogP contribution < -0.4 is 10.1 Å². The monoisotopic (exact) mass is 367 g/mol. The minimum atomic E-state index is 0.570. The summed E-state index contributed by atoms with van der Waals surface area (Å²) in [6.45, 7) is 1.29. The Morgan fingerprint density at radius 1 is 0.826 bits per heavy atom. The van der Waals surface area contributed by atoms with Gasteiger partial charge in [-0.1, -0.05) is 64.5 Å². The highest BCUT2D eigenvalue weighted by molar-refractivity contribution is 9.10. The second kappa shape index (κ2) is 7.84. The van der Waals surface area contributed by atoms with Crippen LogP contribution in [0.3, 0.4) is 0 Å². The SMILES string of the molecule is Brc1ccc(OCc2ccccc2)c(CNc2ccccc2)c1. The molecule has 0 aliphatic heterocycles. The molecule has 0 fully saturated rings. The zero-order chi connectivity index (χ0) is 15.9. The molecule has 0 bridgehead atoms. The number of benzene rings is 3. The van der Waals surface area contributed by atoms with Gasteiger partial charge in [0.15, 0.2) is 0 Å². The number of halogens is 1. The summed E-state index contributed by atoms with van der Waals surface area (Å²) in [6, 6.07) is 26.5. The third-order valence-corrected chi connectivity index (χ3v) is 4.01. The summed E-state index contributed by atoms with van der Waals surface area (Å²) in [5, 5.41) is 3.43. The van der Waals surface area contributed by atoms with Crippen molar-refractivity contribution < 1.29 is 4.74 Å². The quantitative estimate of drug-likeness (QED) is 0.608. The Kier molecular flexibility index (Phi) is 5.33. The molecule has 0 aromatic heterocycles. The molecule has 0 unspecified atom stereocenters. The second-order valence-electron chi connectivity index (χ2n) is 5.25. The number of ether oxygens (including phenoxy) is 1. The van der Waals surface area contributed by atoms with Gasteiger partial charge in [0, 0.05) is 22.3 Å². The van der Waals surface area contributed by atoms with E-state index in [0.29, 0.717) is 13.2 Å². The largest absolute Gasteiger partial charge is 0.489 e. The molecule has 0 atom stereocenters. The molecule has 2 nitrogen and oxygen atoms in total. The molecule has 0 heterocycles. The highest BCUT2D eigenvalue weighted by Gasteiger charge is 2.05. The lowest BCUT2D eigenvalue weighted by atomic mass is 10.2. The van der Waals surface area contributed by atoms with Gasteiger partial charge in [-0.05, 0) is 35.9 Å². The van der Waals surface area contributed by atoms with Gasteiger partial charge < -0.3 is 10.1 Å². The van der Waals surface area contributed by atoms with Crippen LogP contribution in [-0.4, -0.2) is 0 Å². The summed E-state index contributed by atoms with van der Waals surface area (Å²) in [6.07, 6.45) is 0. The average Bonchev–Trinajstić information content (AvgIpc) is 2.61. The van der Waals surface area contributed by atoms with Crippen molar-refractivity contribution >= 4 is 21.6 Å². The molecule has 0 amide bonds. The standard InChI is InChI=1S/C20H18BrNO/c21-18-11-12-20(23-15-16-7-3-1-4-8-16)17(13-18)14-22-19-9-5-2-6-10-19/h1-13,22H,14-15H2. The average molecular weight is 368 g/mol. The zero-order valence-corrected chi connectivity index (χ0v) is 14.3. The molecule has 0 saturated heterocycles. The topological polar surface area (TPSA) is 21.3 Å². The predicted molar refractivity (Wildman–Crippen MR) is 98.7 cm³/mol. The first-order valence-corrected chi connectivity index (χ1v) is 8.34. The minimum absolute atomic E-state index is 0.570. The van der Waals surface area contributed by atoms with Crippen molar-refractivity contribution in [3.05, 3.63) is 94.5 Å². The molecular formula is C20H18BrNO.